The van der Waals surface area contributed by atoms with E-state index >= 15 is 0 Å². The summed E-state index contributed by atoms with van der Waals surface area (Å²) in [7, 11) is 0. The molecule has 4 heteroatoms. The molecule has 0 N–H and O–H groups in total. The van der Waals surface area contributed by atoms with Crippen molar-refractivity contribution >= 4 is 38.6 Å². The van der Waals surface area contributed by atoms with E-state index in [4.69, 9.17) is 4.74 Å². The zero-order valence-corrected chi connectivity index (χ0v) is 12.8. The molecule has 0 bridgehead atoms. The molecule has 1 aromatic heterocycles. The molecule has 78 valence electrons. The quantitative estimate of drug-likeness (QED) is 0.632. The van der Waals surface area contributed by atoms with Crippen molar-refractivity contribution in [3.63, 3.8) is 0 Å². The van der Waals surface area contributed by atoms with E-state index in [-0.39, 0.29) is 5.97 Å². The van der Waals surface area contributed by atoms with Crippen molar-refractivity contribution in [3.8, 4) is 0 Å². The predicted molar refractivity (Wildman–Crippen MR) is 62.8 cm³/mol. The molecule has 0 aliphatic heterocycles. The monoisotopic (exact) mass is 320 g/mol. The third kappa shape index (κ3) is 3.61. The first kappa shape index (κ1) is 12.0. The van der Waals surface area contributed by atoms with E-state index < -0.39 is 18.4 Å². The minimum atomic E-state index is -1.89. The molecule has 1 aromatic rings. The fourth-order valence-corrected chi connectivity index (χ4v) is 7.42. The SMILES string of the molecule is CC(=O)OCc1cc[c]([Sn]([CH3])([CH3])[CH3])s1. The average molecular weight is 319 g/mol. The van der Waals surface area contributed by atoms with E-state index in [1.54, 1.807) is 11.3 Å². The van der Waals surface area contributed by atoms with Crippen LogP contribution in [0.5, 0.6) is 0 Å². The summed E-state index contributed by atoms with van der Waals surface area (Å²) < 4.78 is 6.48. The second kappa shape index (κ2) is 4.66. The van der Waals surface area contributed by atoms with Gasteiger partial charge in [0.15, 0.2) is 0 Å². The summed E-state index contributed by atoms with van der Waals surface area (Å²) >= 11 is -0.0944. The number of esters is 1. The van der Waals surface area contributed by atoms with Gasteiger partial charge in [-0.2, -0.15) is 0 Å². The topological polar surface area (TPSA) is 26.3 Å². The van der Waals surface area contributed by atoms with E-state index in [2.05, 4.69) is 27.0 Å². The molecule has 0 saturated carbocycles. The van der Waals surface area contributed by atoms with Crippen LogP contribution in [0.25, 0.3) is 0 Å². The van der Waals surface area contributed by atoms with Gasteiger partial charge in [-0.1, -0.05) is 0 Å². The van der Waals surface area contributed by atoms with Crippen molar-refractivity contribution in [2.75, 3.05) is 0 Å². The Hall–Kier alpha value is -0.0313. The molecule has 0 atom stereocenters. The zero-order valence-electron chi connectivity index (χ0n) is 9.09. The number of thiophene rings is 1. The third-order valence-corrected chi connectivity index (χ3v) is 12.4. The van der Waals surface area contributed by atoms with Crippen molar-refractivity contribution < 1.29 is 9.53 Å². The first-order chi connectivity index (χ1) is 6.39. The van der Waals surface area contributed by atoms with Crippen LogP contribution < -0.4 is 2.89 Å². The van der Waals surface area contributed by atoms with Crippen LogP contribution in [-0.4, -0.2) is 24.3 Å². The molecular weight excluding hydrogens is 303 g/mol. The van der Waals surface area contributed by atoms with Crippen molar-refractivity contribution in [1.29, 1.82) is 0 Å². The Labute approximate surface area is 93.2 Å². The summed E-state index contributed by atoms with van der Waals surface area (Å²) in [4.78, 5) is 18.9. The molecule has 0 aliphatic carbocycles. The van der Waals surface area contributed by atoms with Gasteiger partial charge in [-0.25, -0.2) is 0 Å². The standard InChI is InChI=1S/C7H7O2S.3CH3.Sn/c1-6(8)9-5-7-3-2-4-10-7;;;;/h2-3H,5H2,1H3;3*1H3;. The molecule has 0 aromatic carbocycles. The number of hydrogen-bond donors (Lipinski definition) is 0. The van der Waals surface area contributed by atoms with Crippen molar-refractivity contribution in [1.82, 2.24) is 0 Å². The number of rotatable bonds is 3. The summed E-state index contributed by atoms with van der Waals surface area (Å²) in [6, 6.07) is 4.27. The molecule has 2 nitrogen and oxygen atoms in total. The molecule has 1 heterocycles. The van der Waals surface area contributed by atoms with Crippen LogP contribution in [0.1, 0.15) is 11.8 Å². The first-order valence-corrected chi connectivity index (χ1v) is 15.4. The van der Waals surface area contributed by atoms with Crippen LogP contribution in [0.2, 0.25) is 14.8 Å². The number of carbonyl (C=O) groups is 1. The van der Waals surface area contributed by atoms with E-state index in [1.165, 1.54) is 9.82 Å². The molecule has 0 unspecified atom stereocenters. The van der Waals surface area contributed by atoms with E-state index in [0.717, 1.165) is 4.88 Å². The summed E-state index contributed by atoms with van der Waals surface area (Å²) in [6.07, 6.45) is 0. The van der Waals surface area contributed by atoms with Crippen LogP contribution in [0.4, 0.5) is 0 Å². The van der Waals surface area contributed by atoms with Gasteiger partial charge in [0.25, 0.3) is 0 Å². The summed E-state index contributed by atoms with van der Waals surface area (Å²) in [6.45, 7) is 1.87. The molecule has 0 aliphatic rings. The predicted octanol–water partition coefficient (Wildman–Crippen LogP) is 2.36. The Morgan fingerprint density at radius 1 is 1.43 bits per heavy atom. The first-order valence-electron chi connectivity index (χ1n) is 4.62. The van der Waals surface area contributed by atoms with Crippen LogP contribution in [0.15, 0.2) is 12.1 Å². The molecule has 0 fully saturated rings. The summed E-state index contributed by atoms with van der Waals surface area (Å²) in [5, 5.41) is 0. The van der Waals surface area contributed by atoms with Gasteiger partial charge in [0.1, 0.15) is 0 Å². The molecule has 0 spiro atoms. The van der Waals surface area contributed by atoms with Gasteiger partial charge >= 0.3 is 93.5 Å². The Kier molecular flexibility index (Phi) is 4.01. The normalized spacial score (nSPS) is 11.4. The second-order valence-electron chi connectivity index (χ2n) is 4.30. The summed E-state index contributed by atoms with van der Waals surface area (Å²) in [5.74, 6) is -0.209. The number of hydrogen-bond acceptors (Lipinski definition) is 3. The van der Waals surface area contributed by atoms with Gasteiger partial charge in [-0.15, -0.1) is 0 Å². The third-order valence-electron chi connectivity index (χ3n) is 1.82. The minimum absolute atomic E-state index is 0.209. The van der Waals surface area contributed by atoms with Gasteiger partial charge in [-0.05, 0) is 0 Å². The fourth-order valence-electron chi connectivity index (χ4n) is 1.03. The molecule has 14 heavy (non-hydrogen) atoms. The van der Waals surface area contributed by atoms with E-state index in [1.807, 2.05) is 0 Å². The van der Waals surface area contributed by atoms with Gasteiger partial charge in [0, 0.05) is 0 Å². The van der Waals surface area contributed by atoms with Crippen LogP contribution in [0, 0.1) is 0 Å². The maximum absolute atomic E-state index is 10.6. The molecule has 0 radical (unpaired) electrons. The van der Waals surface area contributed by atoms with Gasteiger partial charge in [0.05, 0.1) is 0 Å². The van der Waals surface area contributed by atoms with Crippen molar-refractivity contribution in [3.05, 3.63) is 17.0 Å². The molecule has 1 rings (SSSR count). The maximum atomic E-state index is 10.6. The average Bonchev–Trinajstić information content (AvgIpc) is 2.47. The Balaban J connectivity index is 2.64. The van der Waals surface area contributed by atoms with Gasteiger partial charge in [-0.3, -0.25) is 0 Å². The molecular formula is C10H16O2SSn. The fraction of sp³-hybridized carbons (Fsp3) is 0.500. The van der Waals surface area contributed by atoms with Crippen molar-refractivity contribution in [2.24, 2.45) is 0 Å². The number of ether oxygens (including phenoxy) is 1. The van der Waals surface area contributed by atoms with E-state index in [9.17, 15) is 4.79 Å². The van der Waals surface area contributed by atoms with Crippen molar-refractivity contribution in [2.45, 2.75) is 28.3 Å². The molecule has 0 amide bonds. The second-order valence-corrected chi connectivity index (χ2v) is 20.9. The van der Waals surface area contributed by atoms with E-state index in [0.29, 0.717) is 6.61 Å². The number of carbonyl (C=O) groups excluding carboxylic acids is 1. The van der Waals surface area contributed by atoms with Crippen LogP contribution in [-0.2, 0) is 16.1 Å². The Morgan fingerprint density at radius 3 is 2.50 bits per heavy atom. The van der Waals surface area contributed by atoms with Crippen LogP contribution in [0.3, 0.4) is 0 Å². The van der Waals surface area contributed by atoms with Gasteiger partial charge in [0.2, 0.25) is 0 Å². The Bertz CT molecular complexity index is 325. The Morgan fingerprint density at radius 2 is 2.07 bits per heavy atom. The van der Waals surface area contributed by atoms with Gasteiger partial charge < -0.3 is 0 Å². The summed E-state index contributed by atoms with van der Waals surface area (Å²) in [5.41, 5.74) is 0. The molecule has 0 saturated heterocycles. The zero-order chi connectivity index (χ0) is 10.8. The van der Waals surface area contributed by atoms with Crippen LogP contribution >= 0.6 is 11.3 Å².